The Kier molecular flexibility index (Phi) is 6.46. The maximum Gasteiger partial charge on any atom is 0.193 e. The molecule has 1 unspecified atom stereocenters. The first-order valence-electron chi connectivity index (χ1n) is 8.80. The minimum atomic E-state index is 0.524. The van der Waals surface area contributed by atoms with Gasteiger partial charge in [-0.15, -0.1) is 0 Å². The van der Waals surface area contributed by atoms with Crippen molar-refractivity contribution < 1.29 is 0 Å². The van der Waals surface area contributed by atoms with Crippen LogP contribution in [0.15, 0.2) is 23.2 Å². The van der Waals surface area contributed by atoms with Crippen LogP contribution in [-0.4, -0.2) is 37.0 Å². The summed E-state index contributed by atoms with van der Waals surface area (Å²) in [5, 5.41) is 3.22. The maximum atomic E-state index is 6.06. The third kappa shape index (κ3) is 6.22. The molecular formula is C19H32N4. The van der Waals surface area contributed by atoms with E-state index in [2.05, 4.69) is 61.1 Å². The monoisotopic (exact) mass is 316 g/mol. The molecule has 0 amide bonds. The Morgan fingerprint density at radius 1 is 1.30 bits per heavy atom. The molecule has 1 aliphatic rings. The molecule has 1 heterocycles. The van der Waals surface area contributed by atoms with Crippen LogP contribution in [0.2, 0.25) is 0 Å². The van der Waals surface area contributed by atoms with Gasteiger partial charge < -0.3 is 16.0 Å². The number of rotatable bonds is 5. The van der Waals surface area contributed by atoms with E-state index in [0.717, 1.165) is 24.7 Å². The average molecular weight is 316 g/mol. The zero-order valence-electron chi connectivity index (χ0n) is 15.1. The topological polar surface area (TPSA) is 53.6 Å². The molecule has 1 fully saturated rings. The molecule has 1 saturated heterocycles. The highest BCUT2D eigenvalue weighted by molar-refractivity contribution is 5.92. The Hall–Kier alpha value is -1.55. The van der Waals surface area contributed by atoms with Crippen LogP contribution in [0.3, 0.4) is 0 Å². The highest BCUT2D eigenvalue weighted by atomic mass is 15.1. The second kappa shape index (κ2) is 8.34. The summed E-state index contributed by atoms with van der Waals surface area (Å²) in [6, 6.07) is 6.35. The second-order valence-electron chi connectivity index (χ2n) is 7.39. The molecule has 0 bridgehead atoms. The summed E-state index contributed by atoms with van der Waals surface area (Å²) in [5.74, 6) is 1.88. The average Bonchev–Trinajstić information content (AvgIpc) is 2.43. The second-order valence-corrected chi connectivity index (χ2v) is 7.39. The van der Waals surface area contributed by atoms with Crippen molar-refractivity contribution >= 4 is 11.6 Å². The summed E-state index contributed by atoms with van der Waals surface area (Å²) in [6.45, 7) is 13.1. The summed E-state index contributed by atoms with van der Waals surface area (Å²) in [5.41, 5.74) is 9.55. The van der Waals surface area contributed by atoms with Crippen molar-refractivity contribution in [1.82, 2.24) is 4.90 Å². The summed E-state index contributed by atoms with van der Waals surface area (Å²) >= 11 is 0. The van der Waals surface area contributed by atoms with E-state index in [1.807, 2.05) is 0 Å². The zero-order chi connectivity index (χ0) is 16.8. The number of aryl methyl sites for hydroxylation is 2. The van der Waals surface area contributed by atoms with Gasteiger partial charge in [-0.25, -0.2) is 0 Å². The van der Waals surface area contributed by atoms with Crippen molar-refractivity contribution in [2.24, 2.45) is 22.6 Å². The molecule has 128 valence electrons. The van der Waals surface area contributed by atoms with E-state index < -0.39 is 0 Å². The first-order valence-corrected chi connectivity index (χ1v) is 8.80. The standard InChI is InChI=1S/C19H32N4/c1-14(2)12-23-7-5-6-17(13-23)11-21-19(20)22-18-9-15(3)8-16(4)10-18/h8-10,14,17H,5-7,11-13H2,1-4H3,(H3,20,21,22). The van der Waals surface area contributed by atoms with Gasteiger partial charge in [0.05, 0.1) is 0 Å². The van der Waals surface area contributed by atoms with Gasteiger partial charge in [0.2, 0.25) is 0 Å². The smallest absolute Gasteiger partial charge is 0.193 e. The van der Waals surface area contributed by atoms with Crippen LogP contribution in [0.5, 0.6) is 0 Å². The molecule has 0 saturated carbocycles. The largest absolute Gasteiger partial charge is 0.370 e. The molecule has 1 aromatic carbocycles. The van der Waals surface area contributed by atoms with E-state index in [1.165, 1.54) is 37.1 Å². The minimum Gasteiger partial charge on any atom is -0.370 e. The van der Waals surface area contributed by atoms with E-state index >= 15 is 0 Å². The molecule has 0 aliphatic carbocycles. The number of likely N-dealkylation sites (tertiary alicyclic amines) is 1. The number of anilines is 1. The molecule has 23 heavy (non-hydrogen) atoms. The Balaban J connectivity index is 1.86. The molecule has 0 aromatic heterocycles. The Morgan fingerprint density at radius 3 is 2.65 bits per heavy atom. The lowest BCUT2D eigenvalue weighted by atomic mass is 9.97. The quantitative estimate of drug-likeness (QED) is 0.646. The van der Waals surface area contributed by atoms with Gasteiger partial charge in [-0.05, 0) is 68.3 Å². The predicted molar refractivity (Wildman–Crippen MR) is 100 cm³/mol. The first kappa shape index (κ1) is 17.8. The highest BCUT2D eigenvalue weighted by Gasteiger charge is 2.20. The lowest BCUT2D eigenvalue weighted by Gasteiger charge is -2.33. The fraction of sp³-hybridized carbons (Fsp3) is 0.632. The molecule has 2 rings (SSSR count). The number of nitrogens with two attached hydrogens (primary N) is 1. The normalized spacial score (nSPS) is 20.0. The predicted octanol–water partition coefficient (Wildman–Crippen LogP) is 3.40. The van der Waals surface area contributed by atoms with Crippen LogP contribution in [0.4, 0.5) is 5.69 Å². The first-order chi connectivity index (χ1) is 10.9. The van der Waals surface area contributed by atoms with Crippen molar-refractivity contribution in [2.45, 2.75) is 40.5 Å². The number of hydrogen-bond acceptors (Lipinski definition) is 2. The van der Waals surface area contributed by atoms with E-state index in [4.69, 9.17) is 5.73 Å². The number of aliphatic imine (C=N–C) groups is 1. The van der Waals surface area contributed by atoms with Crippen molar-refractivity contribution in [3.8, 4) is 0 Å². The Morgan fingerprint density at radius 2 is 2.00 bits per heavy atom. The molecule has 3 N–H and O–H groups in total. The van der Waals surface area contributed by atoms with Gasteiger partial charge >= 0.3 is 0 Å². The molecule has 1 atom stereocenters. The molecular weight excluding hydrogens is 284 g/mol. The van der Waals surface area contributed by atoms with Gasteiger partial charge in [0, 0.05) is 25.3 Å². The van der Waals surface area contributed by atoms with Crippen LogP contribution in [0, 0.1) is 25.7 Å². The van der Waals surface area contributed by atoms with E-state index in [1.54, 1.807) is 0 Å². The lowest BCUT2D eigenvalue weighted by Crippen LogP contribution is -2.39. The zero-order valence-corrected chi connectivity index (χ0v) is 15.1. The maximum absolute atomic E-state index is 6.06. The summed E-state index contributed by atoms with van der Waals surface area (Å²) < 4.78 is 0. The molecule has 1 aliphatic heterocycles. The van der Waals surface area contributed by atoms with Crippen LogP contribution < -0.4 is 11.1 Å². The van der Waals surface area contributed by atoms with Gasteiger partial charge in [0.15, 0.2) is 5.96 Å². The molecule has 0 radical (unpaired) electrons. The number of guanidine groups is 1. The fourth-order valence-electron chi connectivity index (χ4n) is 3.44. The molecule has 4 heteroatoms. The van der Waals surface area contributed by atoms with Crippen molar-refractivity contribution in [2.75, 3.05) is 31.5 Å². The number of benzene rings is 1. The SMILES string of the molecule is Cc1cc(C)cc(NC(N)=NCC2CCCN(CC(C)C)C2)c1. The Bertz CT molecular complexity index is 516. The lowest BCUT2D eigenvalue weighted by molar-refractivity contribution is 0.162. The highest BCUT2D eigenvalue weighted by Crippen LogP contribution is 2.18. The van der Waals surface area contributed by atoms with E-state index in [9.17, 15) is 0 Å². The third-order valence-corrected chi connectivity index (χ3v) is 4.24. The van der Waals surface area contributed by atoms with Crippen molar-refractivity contribution in [1.29, 1.82) is 0 Å². The number of nitrogens with zero attached hydrogens (tertiary/aromatic N) is 2. The van der Waals surface area contributed by atoms with Gasteiger partial charge in [-0.1, -0.05) is 19.9 Å². The third-order valence-electron chi connectivity index (χ3n) is 4.24. The van der Waals surface area contributed by atoms with Crippen LogP contribution in [0.25, 0.3) is 0 Å². The molecule has 0 spiro atoms. The number of hydrogen-bond donors (Lipinski definition) is 2. The summed E-state index contributed by atoms with van der Waals surface area (Å²) in [6.07, 6.45) is 2.53. The van der Waals surface area contributed by atoms with Gasteiger partial charge in [0.1, 0.15) is 0 Å². The van der Waals surface area contributed by atoms with Crippen molar-refractivity contribution in [3.63, 3.8) is 0 Å². The van der Waals surface area contributed by atoms with Crippen molar-refractivity contribution in [3.05, 3.63) is 29.3 Å². The van der Waals surface area contributed by atoms with E-state index in [-0.39, 0.29) is 0 Å². The van der Waals surface area contributed by atoms with Crippen LogP contribution in [0.1, 0.15) is 37.8 Å². The summed E-state index contributed by atoms with van der Waals surface area (Å²) in [7, 11) is 0. The summed E-state index contributed by atoms with van der Waals surface area (Å²) in [4.78, 5) is 7.14. The van der Waals surface area contributed by atoms with Crippen LogP contribution in [-0.2, 0) is 0 Å². The van der Waals surface area contributed by atoms with Crippen LogP contribution >= 0.6 is 0 Å². The molecule has 4 nitrogen and oxygen atoms in total. The van der Waals surface area contributed by atoms with Gasteiger partial charge in [-0.2, -0.15) is 0 Å². The number of piperidine rings is 1. The molecule has 1 aromatic rings. The minimum absolute atomic E-state index is 0.524. The van der Waals surface area contributed by atoms with Gasteiger partial charge in [0.25, 0.3) is 0 Å². The number of nitrogens with one attached hydrogen (secondary N) is 1. The fourth-order valence-corrected chi connectivity index (χ4v) is 3.44. The van der Waals surface area contributed by atoms with Gasteiger partial charge in [-0.3, -0.25) is 4.99 Å². The van der Waals surface area contributed by atoms with E-state index in [0.29, 0.717) is 11.9 Å². The Labute approximate surface area is 141 Å².